The minimum Gasteiger partial charge on any atom is -0.478 e. The maximum Gasteiger partial charge on any atom is 0.337 e. The van der Waals surface area contributed by atoms with Crippen molar-refractivity contribution >= 4 is 29.2 Å². The van der Waals surface area contributed by atoms with Crippen LogP contribution >= 0.6 is 11.8 Å². The molecular weight excluding hydrogens is 238 g/mol. The van der Waals surface area contributed by atoms with E-state index < -0.39 is 5.97 Å². The summed E-state index contributed by atoms with van der Waals surface area (Å²) in [4.78, 5) is 14.9. The molecule has 0 bridgehead atoms. The Morgan fingerprint density at radius 2 is 2.35 bits per heavy atom. The summed E-state index contributed by atoms with van der Waals surface area (Å²) >= 11 is 1.82. The van der Waals surface area contributed by atoms with Gasteiger partial charge in [0, 0.05) is 6.54 Å². The maximum absolute atomic E-state index is 10.9. The van der Waals surface area contributed by atoms with Gasteiger partial charge >= 0.3 is 5.97 Å². The van der Waals surface area contributed by atoms with E-state index in [0.717, 1.165) is 25.1 Å². The second-order valence-corrected chi connectivity index (χ2v) is 4.57. The van der Waals surface area contributed by atoms with E-state index in [1.807, 2.05) is 11.8 Å². The van der Waals surface area contributed by atoms with Crippen molar-refractivity contribution in [3.05, 3.63) is 17.8 Å². The molecule has 0 saturated carbocycles. The molecule has 17 heavy (non-hydrogen) atoms. The summed E-state index contributed by atoms with van der Waals surface area (Å²) in [5, 5.41) is 12.0. The number of nitrogens with two attached hydrogens (primary N) is 1. The molecule has 0 unspecified atom stereocenters. The number of anilines is 2. The highest BCUT2D eigenvalue weighted by atomic mass is 32.2. The number of unbranched alkanes of at least 4 members (excludes halogenated alkanes) is 1. The second-order valence-electron chi connectivity index (χ2n) is 3.59. The zero-order chi connectivity index (χ0) is 12.7. The van der Waals surface area contributed by atoms with Crippen LogP contribution in [0.15, 0.2) is 12.3 Å². The van der Waals surface area contributed by atoms with E-state index in [1.54, 1.807) is 0 Å². The van der Waals surface area contributed by atoms with Crippen molar-refractivity contribution in [3.8, 4) is 0 Å². The molecule has 0 aliphatic heterocycles. The minimum absolute atomic E-state index is 0.0895. The van der Waals surface area contributed by atoms with E-state index in [9.17, 15) is 4.79 Å². The van der Waals surface area contributed by atoms with Gasteiger partial charge in [0.2, 0.25) is 0 Å². The standard InChI is InChI=1S/C11H17N3O2S/c1-17-5-3-2-4-13-10-6-8(11(15)16)9(12)7-14-10/h6-7H,2-5,12H2,1H3,(H,13,14)(H,15,16). The predicted octanol–water partition coefficient (Wildman–Crippen LogP) is 1.92. The molecule has 0 radical (unpaired) electrons. The van der Waals surface area contributed by atoms with Gasteiger partial charge in [0.1, 0.15) is 5.82 Å². The smallest absolute Gasteiger partial charge is 0.337 e. The normalized spacial score (nSPS) is 10.2. The zero-order valence-corrected chi connectivity index (χ0v) is 10.6. The molecule has 0 saturated heterocycles. The number of nitrogens with one attached hydrogen (secondary N) is 1. The first-order valence-corrected chi connectivity index (χ1v) is 6.76. The van der Waals surface area contributed by atoms with Crippen molar-refractivity contribution in [1.29, 1.82) is 0 Å². The third kappa shape index (κ3) is 4.52. The summed E-state index contributed by atoms with van der Waals surface area (Å²) in [6.07, 6.45) is 5.62. The predicted molar refractivity (Wildman–Crippen MR) is 71.7 cm³/mol. The molecule has 0 aromatic carbocycles. The van der Waals surface area contributed by atoms with Gasteiger partial charge in [-0.2, -0.15) is 11.8 Å². The second kappa shape index (κ2) is 7.01. The lowest BCUT2D eigenvalue weighted by atomic mass is 10.2. The van der Waals surface area contributed by atoms with E-state index in [2.05, 4.69) is 16.6 Å². The Morgan fingerprint density at radius 1 is 1.59 bits per heavy atom. The summed E-state index contributed by atoms with van der Waals surface area (Å²) < 4.78 is 0. The van der Waals surface area contributed by atoms with Crippen molar-refractivity contribution in [2.45, 2.75) is 12.8 Å². The summed E-state index contributed by atoms with van der Waals surface area (Å²) in [5.74, 6) is 0.660. The highest BCUT2D eigenvalue weighted by molar-refractivity contribution is 7.98. The van der Waals surface area contributed by atoms with Gasteiger partial charge in [-0.3, -0.25) is 0 Å². The monoisotopic (exact) mass is 255 g/mol. The number of thioether (sulfide) groups is 1. The molecule has 0 aliphatic carbocycles. The van der Waals surface area contributed by atoms with Gasteiger partial charge in [-0.05, 0) is 30.9 Å². The molecule has 1 heterocycles. The van der Waals surface area contributed by atoms with Crippen LogP contribution in [0.4, 0.5) is 11.5 Å². The lowest BCUT2D eigenvalue weighted by molar-refractivity contribution is 0.0698. The number of carboxylic acid groups (broad SMARTS) is 1. The number of nitrogen functional groups attached to an aromatic ring is 1. The van der Waals surface area contributed by atoms with Gasteiger partial charge in [0.15, 0.2) is 0 Å². The van der Waals surface area contributed by atoms with Gasteiger partial charge in [-0.25, -0.2) is 9.78 Å². The van der Waals surface area contributed by atoms with E-state index in [4.69, 9.17) is 10.8 Å². The largest absolute Gasteiger partial charge is 0.478 e. The number of rotatable bonds is 7. The van der Waals surface area contributed by atoms with Crippen LogP contribution in [0.1, 0.15) is 23.2 Å². The Kier molecular flexibility index (Phi) is 5.62. The van der Waals surface area contributed by atoms with Crippen molar-refractivity contribution in [2.75, 3.05) is 29.6 Å². The fourth-order valence-electron chi connectivity index (χ4n) is 1.34. The number of hydrogen-bond acceptors (Lipinski definition) is 5. The first kappa shape index (κ1) is 13.6. The Labute approximate surface area is 105 Å². The Balaban J connectivity index is 2.49. The first-order valence-electron chi connectivity index (χ1n) is 5.36. The summed E-state index contributed by atoms with van der Waals surface area (Å²) in [5.41, 5.74) is 5.79. The van der Waals surface area contributed by atoms with Crippen LogP contribution in [-0.4, -0.2) is 34.6 Å². The topological polar surface area (TPSA) is 88.2 Å². The maximum atomic E-state index is 10.9. The summed E-state index contributed by atoms with van der Waals surface area (Å²) in [6.45, 7) is 0.788. The molecule has 94 valence electrons. The van der Waals surface area contributed by atoms with Crippen LogP contribution in [0.5, 0.6) is 0 Å². The molecule has 1 aromatic rings. The fraction of sp³-hybridized carbons (Fsp3) is 0.455. The van der Waals surface area contributed by atoms with Crippen LogP contribution < -0.4 is 11.1 Å². The Morgan fingerprint density at radius 3 is 3.00 bits per heavy atom. The number of pyridine rings is 1. The molecule has 0 fully saturated rings. The number of aromatic carboxylic acids is 1. The van der Waals surface area contributed by atoms with Gasteiger partial charge in [0.05, 0.1) is 17.4 Å². The van der Waals surface area contributed by atoms with Crippen molar-refractivity contribution in [2.24, 2.45) is 0 Å². The molecule has 6 heteroatoms. The van der Waals surface area contributed by atoms with Crippen LogP contribution in [-0.2, 0) is 0 Å². The molecule has 0 aliphatic rings. The number of nitrogens with zero attached hydrogens (tertiary/aromatic N) is 1. The quantitative estimate of drug-likeness (QED) is 0.645. The van der Waals surface area contributed by atoms with Crippen LogP contribution in [0.3, 0.4) is 0 Å². The lowest BCUT2D eigenvalue weighted by Crippen LogP contribution is -2.08. The molecule has 0 spiro atoms. The van der Waals surface area contributed by atoms with E-state index in [1.165, 1.54) is 12.3 Å². The van der Waals surface area contributed by atoms with Crippen LogP contribution in [0.25, 0.3) is 0 Å². The molecule has 0 amide bonds. The molecule has 4 N–H and O–H groups in total. The molecule has 5 nitrogen and oxygen atoms in total. The highest BCUT2D eigenvalue weighted by Gasteiger charge is 2.09. The number of carboxylic acids is 1. The fourth-order valence-corrected chi connectivity index (χ4v) is 1.83. The van der Waals surface area contributed by atoms with Crippen LogP contribution in [0, 0.1) is 0 Å². The Hall–Kier alpha value is -1.43. The van der Waals surface area contributed by atoms with Gasteiger partial charge < -0.3 is 16.2 Å². The average Bonchev–Trinajstić information content (AvgIpc) is 2.30. The van der Waals surface area contributed by atoms with Gasteiger partial charge in [-0.1, -0.05) is 0 Å². The highest BCUT2D eigenvalue weighted by Crippen LogP contribution is 2.14. The molecule has 0 atom stereocenters. The van der Waals surface area contributed by atoms with E-state index in [0.29, 0.717) is 5.82 Å². The Bertz CT molecular complexity index is 385. The van der Waals surface area contributed by atoms with Crippen molar-refractivity contribution < 1.29 is 9.90 Å². The number of aromatic nitrogens is 1. The van der Waals surface area contributed by atoms with Crippen molar-refractivity contribution in [3.63, 3.8) is 0 Å². The number of carbonyl (C=O) groups is 1. The third-order valence-electron chi connectivity index (χ3n) is 2.25. The van der Waals surface area contributed by atoms with Gasteiger partial charge in [0.25, 0.3) is 0 Å². The third-order valence-corrected chi connectivity index (χ3v) is 2.94. The van der Waals surface area contributed by atoms with Gasteiger partial charge in [-0.15, -0.1) is 0 Å². The van der Waals surface area contributed by atoms with E-state index >= 15 is 0 Å². The molecule has 1 aromatic heterocycles. The SMILES string of the molecule is CSCCCCNc1cc(C(=O)O)c(N)cn1. The molecule has 1 rings (SSSR count). The first-order chi connectivity index (χ1) is 8.15. The van der Waals surface area contributed by atoms with Crippen molar-refractivity contribution in [1.82, 2.24) is 4.98 Å². The minimum atomic E-state index is -1.03. The summed E-state index contributed by atoms with van der Waals surface area (Å²) in [6, 6.07) is 1.46. The lowest BCUT2D eigenvalue weighted by Gasteiger charge is -2.07. The summed E-state index contributed by atoms with van der Waals surface area (Å²) in [7, 11) is 0. The average molecular weight is 255 g/mol. The van der Waals surface area contributed by atoms with E-state index in [-0.39, 0.29) is 11.3 Å². The zero-order valence-electron chi connectivity index (χ0n) is 9.77. The molecular formula is C11H17N3O2S. The van der Waals surface area contributed by atoms with Crippen LogP contribution in [0.2, 0.25) is 0 Å². The number of hydrogen-bond donors (Lipinski definition) is 3.